The van der Waals surface area contributed by atoms with Crippen molar-refractivity contribution >= 4 is 47.4 Å². The zero-order valence-corrected chi connectivity index (χ0v) is 13.9. The van der Waals surface area contributed by atoms with Crippen molar-refractivity contribution in [1.82, 2.24) is 0 Å². The van der Waals surface area contributed by atoms with Crippen LogP contribution in [0.15, 0.2) is 21.1 Å². The molecule has 0 fully saturated rings. The molecule has 0 aromatic heterocycles. The molecule has 1 aromatic rings. The van der Waals surface area contributed by atoms with Gasteiger partial charge in [0.1, 0.15) is 9.84 Å². The second-order valence-electron chi connectivity index (χ2n) is 4.24. The zero-order valence-electron chi connectivity index (χ0n) is 9.92. The van der Waals surface area contributed by atoms with Gasteiger partial charge in [0.2, 0.25) is 0 Å². The molecule has 0 amide bonds. The maximum absolute atomic E-state index is 11.2. The normalized spacial score (nSPS) is 13.5. The van der Waals surface area contributed by atoms with Crippen molar-refractivity contribution in [2.45, 2.75) is 19.9 Å². The summed E-state index contributed by atoms with van der Waals surface area (Å²) in [4.78, 5) is 0. The lowest BCUT2D eigenvalue weighted by Crippen LogP contribution is -2.25. The minimum atomic E-state index is -2.97. The molecule has 0 heterocycles. The van der Waals surface area contributed by atoms with Gasteiger partial charge in [-0.2, -0.15) is 0 Å². The number of nitrogens with one attached hydrogen (secondary N) is 1. The van der Waals surface area contributed by atoms with Crippen molar-refractivity contribution in [2.75, 3.05) is 17.3 Å². The molecule has 0 aliphatic heterocycles. The molecule has 3 nitrogen and oxygen atoms in total. The molecule has 0 aliphatic carbocycles. The third kappa shape index (κ3) is 4.97. The second kappa shape index (κ2) is 5.71. The first-order valence-electron chi connectivity index (χ1n) is 5.09. The molecule has 96 valence electrons. The Kier molecular flexibility index (Phi) is 5.04. The Bertz CT molecular complexity index is 491. The van der Waals surface area contributed by atoms with E-state index >= 15 is 0 Å². The van der Waals surface area contributed by atoms with Gasteiger partial charge in [-0.15, -0.1) is 0 Å². The van der Waals surface area contributed by atoms with Crippen LogP contribution in [0.5, 0.6) is 0 Å². The van der Waals surface area contributed by atoms with E-state index in [0.29, 0.717) is 0 Å². The van der Waals surface area contributed by atoms with E-state index in [0.717, 1.165) is 20.2 Å². The lowest BCUT2D eigenvalue weighted by Gasteiger charge is -2.17. The predicted octanol–water partition coefficient (Wildman–Crippen LogP) is 3.37. The summed E-state index contributed by atoms with van der Waals surface area (Å²) in [5.74, 6) is 0.111. The highest BCUT2D eigenvalue weighted by molar-refractivity contribution is 9.11. The van der Waals surface area contributed by atoms with Crippen LogP contribution < -0.4 is 5.32 Å². The van der Waals surface area contributed by atoms with Gasteiger partial charge in [0.15, 0.2) is 0 Å². The van der Waals surface area contributed by atoms with E-state index in [9.17, 15) is 8.42 Å². The molecular formula is C11H15Br2NO2S. The minimum Gasteiger partial charge on any atom is -0.380 e. The number of benzene rings is 1. The third-order valence-corrected chi connectivity index (χ3v) is 4.49. The first-order valence-corrected chi connectivity index (χ1v) is 8.73. The van der Waals surface area contributed by atoms with Crippen LogP contribution >= 0.6 is 31.9 Å². The fourth-order valence-corrected chi connectivity index (χ4v) is 4.22. The van der Waals surface area contributed by atoms with Crippen molar-refractivity contribution in [3.8, 4) is 0 Å². The molecule has 17 heavy (non-hydrogen) atoms. The molecule has 6 heteroatoms. The monoisotopic (exact) mass is 383 g/mol. The Morgan fingerprint density at radius 1 is 1.29 bits per heavy atom. The number of hydrogen-bond donors (Lipinski definition) is 1. The zero-order chi connectivity index (χ0) is 13.2. The molecule has 1 N–H and O–H groups in total. The summed E-state index contributed by atoms with van der Waals surface area (Å²) in [7, 11) is -2.97. The van der Waals surface area contributed by atoms with Crippen LogP contribution in [0.4, 0.5) is 5.69 Å². The molecule has 1 atom stereocenters. The van der Waals surface area contributed by atoms with Gasteiger partial charge in [0.25, 0.3) is 0 Å². The van der Waals surface area contributed by atoms with Gasteiger partial charge in [-0.1, -0.05) is 0 Å². The van der Waals surface area contributed by atoms with E-state index < -0.39 is 9.84 Å². The molecule has 0 bridgehead atoms. The fraction of sp³-hybridized carbons (Fsp3) is 0.455. The summed E-state index contributed by atoms with van der Waals surface area (Å²) in [5, 5.41) is 3.19. The maximum Gasteiger partial charge on any atom is 0.149 e. The SMILES string of the molecule is Cc1cc(Br)c(NC(C)CS(C)(=O)=O)c(Br)c1. The molecule has 0 aliphatic rings. The van der Waals surface area contributed by atoms with Gasteiger partial charge >= 0.3 is 0 Å². The average Bonchev–Trinajstić information content (AvgIpc) is 2.08. The van der Waals surface area contributed by atoms with Gasteiger partial charge in [-0.25, -0.2) is 8.42 Å². The van der Waals surface area contributed by atoms with Gasteiger partial charge in [-0.05, 0) is 63.4 Å². The summed E-state index contributed by atoms with van der Waals surface area (Å²) >= 11 is 6.93. The lowest BCUT2D eigenvalue weighted by atomic mass is 10.2. The molecule has 1 aromatic carbocycles. The largest absolute Gasteiger partial charge is 0.380 e. The van der Waals surface area contributed by atoms with Gasteiger partial charge in [0.05, 0.1) is 11.4 Å². The topological polar surface area (TPSA) is 46.2 Å². The van der Waals surface area contributed by atoms with Crippen LogP contribution in [0.3, 0.4) is 0 Å². The number of aryl methyl sites for hydroxylation is 1. The smallest absolute Gasteiger partial charge is 0.149 e. The van der Waals surface area contributed by atoms with Crippen LogP contribution in [0.2, 0.25) is 0 Å². The number of halogens is 2. The van der Waals surface area contributed by atoms with Crippen LogP contribution in [-0.4, -0.2) is 26.5 Å². The Labute approximate surface area is 119 Å². The minimum absolute atomic E-state index is 0.111. The predicted molar refractivity (Wildman–Crippen MR) is 79.4 cm³/mol. The third-order valence-electron chi connectivity index (χ3n) is 2.13. The van der Waals surface area contributed by atoms with E-state index in [1.165, 1.54) is 6.26 Å². The first kappa shape index (κ1) is 15.0. The van der Waals surface area contributed by atoms with E-state index in [4.69, 9.17) is 0 Å². The number of hydrogen-bond acceptors (Lipinski definition) is 3. The lowest BCUT2D eigenvalue weighted by molar-refractivity contribution is 0.598. The molecule has 0 saturated heterocycles. The molecule has 0 spiro atoms. The Morgan fingerprint density at radius 2 is 1.76 bits per heavy atom. The molecule has 1 rings (SSSR count). The van der Waals surface area contributed by atoms with Crippen molar-refractivity contribution in [3.63, 3.8) is 0 Å². The fourth-order valence-electron chi connectivity index (χ4n) is 1.58. The molecule has 0 radical (unpaired) electrons. The summed E-state index contributed by atoms with van der Waals surface area (Å²) in [6.07, 6.45) is 1.24. The molecule has 0 saturated carbocycles. The first-order chi connectivity index (χ1) is 7.69. The molecular weight excluding hydrogens is 370 g/mol. The van der Waals surface area contributed by atoms with E-state index in [1.54, 1.807) is 0 Å². The van der Waals surface area contributed by atoms with Crippen molar-refractivity contribution in [3.05, 3.63) is 26.6 Å². The standard InChI is InChI=1S/C11H15Br2NO2S/c1-7-4-9(12)11(10(13)5-7)14-8(2)6-17(3,15)16/h4-5,8,14H,6H2,1-3H3. The van der Waals surface area contributed by atoms with Crippen LogP contribution in [0.25, 0.3) is 0 Å². The van der Waals surface area contributed by atoms with Crippen molar-refractivity contribution in [2.24, 2.45) is 0 Å². The Hall–Kier alpha value is -0.0700. The second-order valence-corrected chi connectivity index (χ2v) is 8.13. The van der Waals surface area contributed by atoms with E-state index in [1.807, 2.05) is 26.0 Å². The maximum atomic E-state index is 11.2. The Morgan fingerprint density at radius 3 is 2.18 bits per heavy atom. The number of sulfone groups is 1. The van der Waals surface area contributed by atoms with Crippen molar-refractivity contribution in [1.29, 1.82) is 0 Å². The summed E-state index contributed by atoms with van der Waals surface area (Å²) in [6.45, 7) is 3.85. The summed E-state index contributed by atoms with van der Waals surface area (Å²) in [6, 6.07) is 3.83. The summed E-state index contributed by atoms with van der Waals surface area (Å²) < 4.78 is 24.2. The quantitative estimate of drug-likeness (QED) is 0.865. The number of rotatable bonds is 4. The highest BCUT2D eigenvalue weighted by Gasteiger charge is 2.13. The van der Waals surface area contributed by atoms with Crippen LogP contribution in [0.1, 0.15) is 12.5 Å². The number of anilines is 1. The highest BCUT2D eigenvalue weighted by Crippen LogP contribution is 2.32. The van der Waals surface area contributed by atoms with E-state index in [-0.39, 0.29) is 11.8 Å². The summed E-state index contributed by atoms with van der Waals surface area (Å²) in [5.41, 5.74) is 2.01. The average molecular weight is 385 g/mol. The van der Waals surface area contributed by atoms with Gasteiger partial charge in [-0.3, -0.25) is 0 Å². The van der Waals surface area contributed by atoms with Crippen LogP contribution in [-0.2, 0) is 9.84 Å². The Balaban J connectivity index is 2.89. The van der Waals surface area contributed by atoms with Crippen molar-refractivity contribution < 1.29 is 8.42 Å². The molecule has 1 unspecified atom stereocenters. The van der Waals surface area contributed by atoms with Crippen LogP contribution in [0, 0.1) is 6.92 Å². The van der Waals surface area contributed by atoms with E-state index in [2.05, 4.69) is 37.2 Å². The highest BCUT2D eigenvalue weighted by atomic mass is 79.9. The van der Waals surface area contributed by atoms with Gasteiger partial charge in [0, 0.05) is 21.2 Å². The van der Waals surface area contributed by atoms with Gasteiger partial charge < -0.3 is 5.32 Å².